The third kappa shape index (κ3) is 3.55. The molecule has 1 aromatic heterocycles. The number of aromatic nitrogens is 2. The van der Waals surface area contributed by atoms with E-state index in [0.29, 0.717) is 24.9 Å². The molecule has 0 bridgehead atoms. The van der Waals surface area contributed by atoms with Gasteiger partial charge in [-0.2, -0.15) is 4.98 Å². The van der Waals surface area contributed by atoms with Gasteiger partial charge >= 0.3 is 0 Å². The van der Waals surface area contributed by atoms with Gasteiger partial charge in [-0.25, -0.2) is 4.98 Å². The maximum Gasteiger partial charge on any atom is 0.228 e. The van der Waals surface area contributed by atoms with Crippen LogP contribution in [0.25, 0.3) is 0 Å². The van der Waals surface area contributed by atoms with Gasteiger partial charge < -0.3 is 19.3 Å². The second-order valence-electron chi connectivity index (χ2n) is 6.04. The van der Waals surface area contributed by atoms with Crippen molar-refractivity contribution in [3.8, 4) is 5.88 Å². The molecule has 2 aliphatic rings. The first-order chi connectivity index (χ1) is 11.2. The summed E-state index contributed by atoms with van der Waals surface area (Å²) in [7, 11) is 1.59. The van der Waals surface area contributed by atoms with Gasteiger partial charge in [0.15, 0.2) is 0 Å². The fraction of sp³-hybridized carbons (Fsp3) is 0.688. The second kappa shape index (κ2) is 7.12. The second-order valence-corrected chi connectivity index (χ2v) is 6.04. The zero-order chi connectivity index (χ0) is 16.2. The Morgan fingerprint density at radius 3 is 2.83 bits per heavy atom. The Morgan fingerprint density at radius 1 is 1.35 bits per heavy atom. The molecular formula is C16H24N4O3. The Kier molecular flexibility index (Phi) is 4.95. The lowest BCUT2D eigenvalue weighted by Crippen LogP contribution is -2.52. The van der Waals surface area contributed by atoms with Crippen molar-refractivity contribution in [3.63, 3.8) is 0 Å². The van der Waals surface area contributed by atoms with E-state index in [1.165, 1.54) is 0 Å². The van der Waals surface area contributed by atoms with Gasteiger partial charge in [0.2, 0.25) is 17.7 Å². The lowest BCUT2D eigenvalue weighted by molar-refractivity contribution is -0.144. The van der Waals surface area contributed by atoms with Crippen molar-refractivity contribution < 1.29 is 14.3 Å². The summed E-state index contributed by atoms with van der Waals surface area (Å²) in [5, 5.41) is 0. The molecule has 0 spiro atoms. The molecule has 0 unspecified atom stereocenters. The number of anilines is 1. The van der Waals surface area contributed by atoms with Gasteiger partial charge in [-0.05, 0) is 19.8 Å². The van der Waals surface area contributed by atoms with E-state index in [1.54, 1.807) is 19.4 Å². The first-order valence-corrected chi connectivity index (χ1v) is 8.21. The number of ether oxygens (including phenoxy) is 2. The molecule has 0 N–H and O–H groups in total. The molecule has 2 atom stereocenters. The number of methoxy groups -OCH3 is 1. The van der Waals surface area contributed by atoms with Crippen LogP contribution in [0.2, 0.25) is 0 Å². The predicted octanol–water partition coefficient (Wildman–Crippen LogP) is 0.949. The average molecular weight is 320 g/mol. The van der Waals surface area contributed by atoms with E-state index in [4.69, 9.17) is 9.47 Å². The molecule has 7 nitrogen and oxygen atoms in total. The minimum Gasteiger partial charge on any atom is -0.481 e. The zero-order valence-electron chi connectivity index (χ0n) is 13.8. The highest BCUT2D eigenvalue weighted by Crippen LogP contribution is 2.24. The minimum absolute atomic E-state index is 0.00312. The van der Waals surface area contributed by atoms with Crippen molar-refractivity contribution in [2.75, 3.05) is 44.8 Å². The van der Waals surface area contributed by atoms with Crippen LogP contribution in [-0.2, 0) is 9.53 Å². The molecule has 0 aliphatic carbocycles. The predicted molar refractivity (Wildman–Crippen MR) is 85.5 cm³/mol. The van der Waals surface area contributed by atoms with Crippen LogP contribution in [0.5, 0.6) is 5.88 Å². The normalized spacial score (nSPS) is 25.3. The van der Waals surface area contributed by atoms with Crippen molar-refractivity contribution in [1.82, 2.24) is 14.9 Å². The number of hydrogen-bond acceptors (Lipinski definition) is 6. The topological polar surface area (TPSA) is 67.8 Å². The molecule has 2 fully saturated rings. The van der Waals surface area contributed by atoms with Crippen LogP contribution in [0.15, 0.2) is 12.3 Å². The quantitative estimate of drug-likeness (QED) is 0.826. The summed E-state index contributed by atoms with van der Waals surface area (Å²) in [6.45, 7) is 5.64. The van der Waals surface area contributed by atoms with Gasteiger partial charge in [0.05, 0.1) is 19.1 Å². The van der Waals surface area contributed by atoms with E-state index < -0.39 is 0 Å². The monoisotopic (exact) mass is 320 g/mol. The van der Waals surface area contributed by atoms with Gasteiger partial charge in [0.25, 0.3) is 0 Å². The van der Waals surface area contributed by atoms with E-state index >= 15 is 0 Å². The fourth-order valence-electron chi connectivity index (χ4n) is 3.21. The van der Waals surface area contributed by atoms with Gasteiger partial charge in [0, 0.05) is 45.0 Å². The molecular weight excluding hydrogens is 296 g/mol. The minimum atomic E-state index is 0.00312. The number of carbonyl (C=O) groups excluding carboxylic acids is 1. The van der Waals surface area contributed by atoms with Crippen molar-refractivity contribution in [1.29, 1.82) is 0 Å². The van der Waals surface area contributed by atoms with E-state index in [0.717, 1.165) is 32.5 Å². The van der Waals surface area contributed by atoms with E-state index in [9.17, 15) is 4.79 Å². The SMILES string of the molecule is COc1ccnc(N2CCN(C(=O)[C@H]3CCCO[C@H]3C)CC2)n1. The van der Waals surface area contributed by atoms with Crippen LogP contribution in [0.3, 0.4) is 0 Å². The summed E-state index contributed by atoms with van der Waals surface area (Å²) in [5.41, 5.74) is 0. The Labute approximate surface area is 136 Å². The lowest BCUT2D eigenvalue weighted by atomic mass is 9.93. The highest BCUT2D eigenvalue weighted by molar-refractivity contribution is 5.79. The molecule has 2 aliphatic heterocycles. The van der Waals surface area contributed by atoms with Crippen LogP contribution in [-0.4, -0.2) is 66.8 Å². The maximum absolute atomic E-state index is 12.7. The van der Waals surface area contributed by atoms with Gasteiger partial charge in [0.1, 0.15) is 0 Å². The molecule has 0 radical (unpaired) electrons. The van der Waals surface area contributed by atoms with Crippen LogP contribution in [0.4, 0.5) is 5.95 Å². The van der Waals surface area contributed by atoms with E-state index in [-0.39, 0.29) is 17.9 Å². The molecule has 0 aromatic carbocycles. The van der Waals surface area contributed by atoms with Gasteiger partial charge in [-0.15, -0.1) is 0 Å². The van der Waals surface area contributed by atoms with Crippen LogP contribution < -0.4 is 9.64 Å². The molecule has 1 aromatic rings. The molecule has 1 amide bonds. The summed E-state index contributed by atoms with van der Waals surface area (Å²) < 4.78 is 10.8. The maximum atomic E-state index is 12.7. The molecule has 3 rings (SSSR count). The molecule has 2 saturated heterocycles. The molecule has 0 saturated carbocycles. The number of rotatable bonds is 3. The van der Waals surface area contributed by atoms with Crippen molar-refractivity contribution in [2.24, 2.45) is 5.92 Å². The Balaban J connectivity index is 1.58. The molecule has 7 heteroatoms. The first kappa shape index (κ1) is 16.0. The highest BCUT2D eigenvalue weighted by Gasteiger charge is 2.33. The number of piperazine rings is 1. The molecule has 126 valence electrons. The Hall–Kier alpha value is -1.89. The molecule has 3 heterocycles. The number of nitrogens with zero attached hydrogens (tertiary/aromatic N) is 4. The summed E-state index contributed by atoms with van der Waals surface area (Å²) in [6.07, 6.45) is 3.62. The largest absolute Gasteiger partial charge is 0.481 e. The van der Waals surface area contributed by atoms with Crippen molar-refractivity contribution in [3.05, 3.63) is 12.3 Å². The smallest absolute Gasteiger partial charge is 0.228 e. The van der Waals surface area contributed by atoms with Crippen LogP contribution >= 0.6 is 0 Å². The summed E-state index contributed by atoms with van der Waals surface area (Å²) in [6, 6.07) is 1.73. The molecule has 23 heavy (non-hydrogen) atoms. The van der Waals surface area contributed by atoms with Crippen molar-refractivity contribution >= 4 is 11.9 Å². The zero-order valence-corrected chi connectivity index (χ0v) is 13.8. The third-order valence-electron chi connectivity index (χ3n) is 4.62. The van der Waals surface area contributed by atoms with E-state index in [1.807, 2.05) is 11.8 Å². The van der Waals surface area contributed by atoms with E-state index in [2.05, 4.69) is 14.9 Å². The van der Waals surface area contributed by atoms with Crippen LogP contribution in [0, 0.1) is 5.92 Å². The van der Waals surface area contributed by atoms with Gasteiger partial charge in [-0.1, -0.05) is 0 Å². The number of hydrogen-bond donors (Lipinski definition) is 0. The van der Waals surface area contributed by atoms with Crippen molar-refractivity contribution in [2.45, 2.75) is 25.9 Å². The van der Waals surface area contributed by atoms with Gasteiger partial charge in [-0.3, -0.25) is 4.79 Å². The average Bonchev–Trinajstić information content (AvgIpc) is 2.62. The summed E-state index contributed by atoms with van der Waals surface area (Å²) in [5.74, 6) is 1.44. The Bertz CT molecular complexity index is 546. The number of amides is 1. The first-order valence-electron chi connectivity index (χ1n) is 8.21. The third-order valence-corrected chi connectivity index (χ3v) is 4.62. The standard InChI is InChI=1S/C16H24N4O3/c1-12-13(4-3-11-23-12)15(21)19-7-9-20(10-8-19)16-17-6-5-14(18-16)22-2/h5-6,12-13H,3-4,7-11H2,1-2H3/t12-,13-/m0/s1. The lowest BCUT2D eigenvalue weighted by Gasteiger charge is -2.38. The highest BCUT2D eigenvalue weighted by atomic mass is 16.5. The fourth-order valence-corrected chi connectivity index (χ4v) is 3.21. The Morgan fingerprint density at radius 2 is 2.13 bits per heavy atom. The number of carbonyl (C=O) groups is 1. The van der Waals surface area contributed by atoms with Crippen LogP contribution in [0.1, 0.15) is 19.8 Å². The summed E-state index contributed by atoms with van der Waals surface area (Å²) in [4.78, 5) is 25.4. The summed E-state index contributed by atoms with van der Waals surface area (Å²) >= 11 is 0.